The first-order valence-corrected chi connectivity index (χ1v) is 11.9. The summed E-state index contributed by atoms with van der Waals surface area (Å²) in [6.45, 7) is 4.28. The topological polar surface area (TPSA) is 96.5 Å². The molecule has 8 heteroatoms. The highest BCUT2D eigenvalue weighted by Crippen LogP contribution is 2.31. The maximum Gasteiger partial charge on any atom is 0.245 e. The smallest absolute Gasteiger partial charge is 0.245 e. The van der Waals surface area contributed by atoms with E-state index in [9.17, 15) is 13.5 Å². The molecule has 156 valence electrons. The van der Waals surface area contributed by atoms with E-state index >= 15 is 0 Å². The summed E-state index contributed by atoms with van der Waals surface area (Å²) in [5.41, 5.74) is 7.30. The molecule has 2 aromatic carbocycles. The predicted molar refractivity (Wildman–Crippen MR) is 118 cm³/mol. The summed E-state index contributed by atoms with van der Waals surface area (Å²) in [5.74, 6) is 0.116. The first kappa shape index (κ1) is 21.7. The Morgan fingerprint density at radius 3 is 2.52 bits per heavy atom. The van der Waals surface area contributed by atoms with Crippen molar-refractivity contribution in [3.63, 3.8) is 0 Å². The standard InChI is InChI=1S/C21H27N3O3S2/c1-15(2)13-24(14-17(25)12-11-16-7-4-3-5-8-16)29(26,27)19-10-6-9-18-20(19)23-21(22)28-18/h3-10,15,17,25H,11-14H2,1-2H3,(H2,22,23)/t17-/m1/s1. The SMILES string of the molecule is CC(C)CN(C[C@H](O)CCc1ccccc1)S(=O)(=O)c1cccc2sc(N)nc12. The van der Waals surface area contributed by atoms with E-state index in [1.807, 2.05) is 50.2 Å². The van der Waals surface area contributed by atoms with Crippen LogP contribution in [0.5, 0.6) is 0 Å². The third-order valence-electron chi connectivity index (χ3n) is 4.61. The molecule has 0 bridgehead atoms. The van der Waals surface area contributed by atoms with Crippen molar-refractivity contribution < 1.29 is 13.5 Å². The molecular formula is C21H27N3O3S2. The third kappa shape index (κ3) is 5.33. The molecule has 0 fully saturated rings. The average molecular weight is 434 g/mol. The van der Waals surface area contributed by atoms with Gasteiger partial charge in [-0.25, -0.2) is 13.4 Å². The summed E-state index contributed by atoms with van der Waals surface area (Å²) >= 11 is 1.26. The number of nitrogens with zero attached hydrogens (tertiary/aromatic N) is 2. The minimum absolute atomic E-state index is 0.0450. The van der Waals surface area contributed by atoms with Gasteiger partial charge < -0.3 is 10.8 Å². The molecule has 1 heterocycles. The van der Waals surface area contributed by atoms with E-state index < -0.39 is 16.1 Å². The van der Waals surface area contributed by atoms with Crippen molar-refractivity contribution >= 4 is 36.7 Å². The molecule has 0 saturated heterocycles. The Labute approximate surface area is 176 Å². The number of aliphatic hydroxyl groups excluding tert-OH is 1. The van der Waals surface area contributed by atoms with Gasteiger partial charge in [-0.15, -0.1) is 0 Å². The Morgan fingerprint density at radius 2 is 1.83 bits per heavy atom. The van der Waals surface area contributed by atoms with Gasteiger partial charge in [-0.1, -0.05) is 61.6 Å². The minimum Gasteiger partial charge on any atom is -0.392 e. The van der Waals surface area contributed by atoms with Crippen LogP contribution in [0.4, 0.5) is 5.13 Å². The van der Waals surface area contributed by atoms with Crippen LogP contribution in [0.25, 0.3) is 10.2 Å². The number of hydrogen-bond acceptors (Lipinski definition) is 6. The molecule has 0 aliphatic rings. The van der Waals surface area contributed by atoms with Crippen molar-refractivity contribution in [1.29, 1.82) is 0 Å². The van der Waals surface area contributed by atoms with Gasteiger partial charge in [0.1, 0.15) is 10.4 Å². The summed E-state index contributed by atoms with van der Waals surface area (Å²) < 4.78 is 29.0. The number of aryl methyl sites for hydroxylation is 1. The molecule has 1 aromatic heterocycles. The summed E-state index contributed by atoms with van der Waals surface area (Å²) in [7, 11) is -3.83. The molecule has 29 heavy (non-hydrogen) atoms. The molecule has 3 aromatic rings. The average Bonchev–Trinajstić information content (AvgIpc) is 3.06. The second kappa shape index (κ2) is 9.21. The normalized spacial score (nSPS) is 13.4. The molecular weight excluding hydrogens is 406 g/mol. The van der Waals surface area contributed by atoms with E-state index in [1.165, 1.54) is 15.6 Å². The van der Waals surface area contributed by atoms with Gasteiger partial charge in [0, 0.05) is 13.1 Å². The van der Waals surface area contributed by atoms with Gasteiger partial charge in [0.2, 0.25) is 10.0 Å². The number of rotatable bonds is 9. The van der Waals surface area contributed by atoms with Gasteiger partial charge in [-0.3, -0.25) is 0 Å². The third-order valence-corrected chi connectivity index (χ3v) is 7.32. The number of benzene rings is 2. The Balaban J connectivity index is 1.82. The molecule has 0 spiro atoms. The van der Waals surface area contributed by atoms with Crippen LogP contribution in [-0.2, 0) is 16.4 Å². The monoisotopic (exact) mass is 433 g/mol. The van der Waals surface area contributed by atoms with Gasteiger partial charge >= 0.3 is 0 Å². The van der Waals surface area contributed by atoms with E-state index in [4.69, 9.17) is 5.73 Å². The van der Waals surface area contributed by atoms with Crippen LogP contribution in [-0.4, -0.2) is 42.0 Å². The van der Waals surface area contributed by atoms with Crippen LogP contribution in [0.3, 0.4) is 0 Å². The fraction of sp³-hybridized carbons (Fsp3) is 0.381. The summed E-state index contributed by atoms with van der Waals surface area (Å²) in [6, 6.07) is 14.9. The van der Waals surface area contributed by atoms with Crippen LogP contribution >= 0.6 is 11.3 Å². The Bertz CT molecular complexity index is 1050. The number of para-hydroxylation sites is 1. The number of fused-ring (bicyclic) bond motifs is 1. The Hall–Kier alpha value is -2.00. The van der Waals surface area contributed by atoms with E-state index in [0.717, 1.165) is 10.3 Å². The fourth-order valence-electron chi connectivity index (χ4n) is 3.27. The maximum atomic E-state index is 13.4. The van der Waals surface area contributed by atoms with Crippen molar-refractivity contribution in [2.24, 2.45) is 5.92 Å². The molecule has 0 amide bonds. The minimum atomic E-state index is -3.83. The zero-order chi connectivity index (χ0) is 21.0. The number of nitrogens with two attached hydrogens (primary N) is 1. The second-order valence-corrected chi connectivity index (χ2v) is 10.5. The van der Waals surface area contributed by atoms with Crippen molar-refractivity contribution in [1.82, 2.24) is 9.29 Å². The van der Waals surface area contributed by atoms with E-state index in [1.54, 1.807) is 12.1 Å². The molecule has 0 unspecified atom stereocenters. The lowest BCUT2D eigenvalue weighted by atomic mass is 10.1. The number of aliphatic hydroxyl groups is 1. The van der Waals surface area contributed by atoms with Crippen molar-refractivity contribution in [3.05, 3.63) is 54.1 Å². The van der Waals surface area contributed by atoms with Gasteiger partial charge in [-0.2, -0.15) is 4.31 Å². The number of hydrogen-bond donors (Lipinski definition) is 2. The van der Waals surface area contributed by atoms with Gasteiger partial charge in [-0.05, 0) is 36.5 Å². The highest BCUT2D eigenvalue weighted by atomic mass is 32.2. The van der Waals surface area contributed by atoms with Crippen LogP contribution in [0, 0.1) is 5.92 Å². The highest BCUT2D eigenvalue weighted by molar-refractivity contribution is 7.89. The van der Waals surface area contributed by atoms with Crippen molar-refractivity contribution in [2.75, 3.05) is 18.8 Å². The number of nitrogen functional groups attached to an aromatic ring is 1. The number of anilines is 1. The molecule has 3 rings (SSSR count). The first-order chi connectivity index (χ1) is 13.8. The van der Waals surface area contributed by atoms with Crippen LogP contribution < -0.4 is 5.73 Å². The van der Waals surface area contributed by atoms with E-state index in [0.29, 0.717) is 30.0 Å². The fourth-order valence-corrected chi connectivity index (χ4v) is 5.89. The molecule has 6 nitrogen and oxygen atoms in total. The number of sulfonamides is 1. The van der Waals surface area contributed by atoms with Gasteiger partial charge in [0.25, 0.3) is 0 Å². The van der Waals surface area contributed by atoms with E-state index in [-0.39, 0.29) is 17.4 Å². The van der Waals surface area contributed by atoms with Crippen LogP contribution in [0.2, 0.25) is 0 Å². The van der Waals surface area contributed by atoms with Crippen molar-refractivity contribution in [3.8, 4) is 0 Å². The van der Waals surface area contributed by atoms with Gasteiger partial charge in [0.15, 0.2) is 5.13 Å². The van der Waals surface area contributed by atoms with Crippen molar-refractivity contribution in [2.45, 2.75) is 37.7 Å². The lowest BCUT2D eigenvalue weighted by Crippen LogP contribution is -2.40. The maximum absolute atomic E-state index is 13.4. The predicted octanol–water partition coefficient (Wildman–Crippen LogP) is 3.52. The zero-order valence-electron chi connectivity index (χ0n) is 16.7. The summed E-state index contributed by atoms with van der Waals surface area (Å²) in [5, 5.41) is 10.9. The second-order valence-electron chi connectivity index (χ2n) is 7.55. The highest BCUT2D eigenvalue weighted by Gasteiger charge is 2.29. The molecule has 3 N–H and O–H groups in total. The van der Waals surface area contributed by atoms with Gasteiger partial charge in [0.05, 0.1) is 10.8 Å². The number of thiazole rings is 1. The largest absolute Gasteiger partial charge is 0.392 e. The summed E-state index contributed by atoms with van der Waals surface area (Å²) in [4.78, 5) is 4.36. The van der Waals surface area contributed by atoms with Crippen LogP contribution in [0.15, 0.2) is 53.4 Å². The van der Waals surface area contributed by atoms with Crippen LogP contribution in [0.1, 0.15) is 25.8 Å². The lowest BCUT2D eigenvalue weighted by molar-refractivity contribution is 0.133. The molecule has 0 aliphatic heterocycles. The number of aromatic nitrogens is 1. The first-order valence-electron chi connectivity index (χ1n) is 9.64. The Kier molecular flexibility index (Phi) is 6.89. The molecule has 0 radical (unpaired) electrons. The van der Waals surface area contributed by atoms with E-state index in [2.05, 4.69) is 4.98 Å². The Morgan fingerprint density at radius 1 is 1.10 bits per heavy atom. The molecule has 1 atom stereocenters. The lowest BCUT2D eigenvalue weighted by Gasteiger charge is -2.26. The summed E-state index contributed by atoms with van der Waals surface area (Å²) in [6.07, 6.45) is 0.418. The molecule has 0 saturated carbocycles. The quantitative estimate of drug-likeness (QED) is 0.538. The zero-order valence-corrected chi connectivity index (χ0v) is 18.3. The molecule has 0 aliphatic carbocycles.